The molecule has 5 aromatic rings. The number of rotatable bonds is 4. The van der Waals surface area contributed by atoms with E-state index in [1.807, 2.05) is 0 Å². The largest absolute Gasteiger partial charge is 0.436 e. The molecule has 0 fully saturated rings. The van der Waals surface area contributed by atoms with Gasteiger partial charge in [0.2, 0.25) is 11.5 Å². The van der Waals surface area contributed by atoms with Gasteiger partial charge in [-0.05, 0) is 31.2 Å². The van der Waals surface area contributed by atoms with Gasteiger partial charge in [-0.1, -0.05) is 0 Å². The van der Waals surface area contributed by atoms with Gasteiger partial charge in [0.25, 0.3) is 5.91 Å². The van der Waals surface area contributed by atoms with Crippen LogP contribution in [0.3, 0.4) is 0 Å². The average molecular weight is 446 g/mol. The molecule has 0 atom stereocenters. The van der Waals surface area contributed by atoms with Crippen LogP contribution in [0.25, 0.3) is 28.3 Å². The standard InChI is InChI=1S/C23H16F2N6O2/c1-12-21(33-13(2)28-12)22(32)29-16-3-4-18(25)17(8-16)20-11-31-10-14(9-27-23(31)30-20)19-7-15(24)5-6-26-19/h3-11H,1-2H3,(H,29,32). The van der Waals surface area contributed by atoms with Gasteiger partial charge in [-0.2, -0.15) is 0 Å². The van der Waals surface area contributed by atoms with E-state index in [2.05, 4.69) is 25.3 Å². The SMILES string of the molecule is Cc1nc(C)c(C(=O)Nc2ccc(F)c(-c3cn4cc(-c5cc(F)ccn5)cnc4n3)c2)o1. The molecule has 0 bridgehead atoms. The molecule has 0 saturated heterocycles. The number of oxazole rings is 1. The van der Waals surface area contributed by atoms with E-state index in [0.717, 1.165) is 0 Å². The number of amides is 1. The number of anilines is 1. The third-order valence-electron chi connectivity index (χ3n) is 4.94. The summed E-state index contributed by atoms with van der Waals surface area (Å²) < 4.78 is 35.1. The van der Waals surface area contributed by atoms with Gasteiger partial charge < -0.3 is 9.73 Å². The summed E-state index contributed by atoms with van der Waals surface area (Å²) in [7, 11) is 0. The Labute approximate surface area is 186 Å². The van der Waals surface area contributed by atoms with Crippen molar-refractivity contribution >= 4 is 17.4 Å². The molecule has 0 radical (unpaired) electrons. The fourth-order valence-electron chi connectivity index (χ4n) is 3.44. The topological polar surface area (TPSA) is 98.2 Å². The highest BCUT2D eigenvalue weighted by Crippen LogP contribution is 2.27. The summed E-state index contributed by atoms with van der Waals surface area (Å²) in [4.78, 5) is 29.4. The highest BCUT2D eigenvalue weighted by molar-refractivity contribution is 6.03. The Balaban J connectivity index is 1.48. The first-order valence-electron chi connectivity index (χ1n) is 9.89. The maximum atomic E-state index is 14.6. The van der Waals surface area contributed by atoms with Crippen molar-refractivity contribution in [1.82, 2.24) is 24.3 Å². The van der Waals surface area contributed by atoms with Crippen LogP contribution in [0.2, 0.25) is 0 Å². The second-order valence-corrected chi connectivity index (χ2v) is 7.33. The van der Waals surface area contributed by atoms with Crippen LogP contribution in [0.4, 0.5) is 14.5 Å². The molecule has 1 amide bonds. The van der Waals surface area contributed by atoms with E-state index < -0.39 is 17.5 Å². The Morgan fingerprint density at radius 1 is 1.03 bits per heavy atom. The molecule has 0 saturated carbocycles. The average Bonchev–Trinajstić information content (AvgIpc) is 3.36. The number of nitrogens with one attached hydrogen (secondary N) is 1. The molecule has 0 aliphatic carbocycles. The maximum absolute atomic E-state index is 14.6. The van der Waals surface area contributed by atoms with Crippen LogP contribution in [-0.4, -0.2) is 30.2 Å². The second-order valence-electron chi connectivity index (χ2n) is 7.33. The molecule has 164 valence electrons. The van der Waals surface area contributed by atoms with Crippen molar-refractivity contribution in [3.63, 3.8) is 0 Å². The minimum absolute atomic E-state index is 0.0915. The number of aromatic nitrogens is 5. The molecule has 4 aromatic heterocycles. The number of aryl methyl sites for hydroxylation is 2. The van der Waals surface area contributed by atoms with Crippen LogP contribution < -0.4 is 5.32 Å². The predicted molar refractivity (Wildman–Crippen MR) is 116 cm³/mol. The molecular formula is C23H16F2N6O2. The highest BCUT2D eigenvalue weighted by atomic mass is 19.1. The number of carbonyl (C=O) groups is 1. The Morgan fingerprint density at radius 3 is 2.64 bits per heavy atom. The molecule has 5 rings (SSSR count). The smallest absolute Gasteiger partial charge is 0.293 e. The van der Waals surface area contributed by atoms with Gasteiger partial charge in [-0.25, -0.2) is 23.7 Å². The van der Waals surface area contributed by atoms with Crippen LogP contribution in [0.5, 0.6) is 0 Å². The normalized spacial score (nSPS) is 11.2. The Kier molecular flexibility index (Phi) is 4.89. The molecule has 1 aromatic carbocycles. The first-order chi connectivity index (χ1) is 15.9. The van der Waals surface area contributed by atoms with E-state index in [9.17, 15) is 13.6 Å². The lowest BCUT2D eigenvalue weighted by Gasteiger charge is -2.06. The van der Waals surface area contributed by atoms with Crippen molar-refractivity contribution in [2.75, 3.05) is 5.32 Å². The number of benzene rings is 1. The van der Waals surface area contributed by atoms with Crippen molar-refractivity contribution in [1.29, 1.82) is 0 Å². The van der Waals surface area contributed by atoms with Crippen LogP contribution in [-0.2, 0) is 0 Å². The first kappa shape index (κ1) is 20.4. The van der Waals surface area contributed by atoms with Crippen molar-refractivity contribution in [2.24, 2.45) is 0 Å². The molecule has 0 aliphatic heterocycles. The van der Waals surface area contributed by atoms with E-state index in [-0.39, 0.29) is 11.3 Å². The zero-order valence-corrected chi connectivity index (χ0v) is 17.5. The minimum Gasteiger partial charge on any atom is -0.436 e. The lowest BCUT2D eigenvalue weighted by molar-refractivity contribution is 0.0994. The summed E-state index contributed by atoms with van der Waals surface area (Å²) in [6.07, 6.45) is 6.16. The molecule has 4 heterocycles. The van der Waals surface area contributed by atoms with Crippen molar-refractivity contribution in [3.8, 4) is 22.5 Å². The zero-order chi connectivity index (χ0) is 23.1. The lowest BCUT2D eigenvalue weighted by atomic mass is 10.1. The molecule has 0 aliphatic rings. The van der Waals surface area contributed by atoms with Crippen molar-refractivity contribution in [2.45, 2.75) is 13.8 Å². The Morgan fingerprint density at radius 2 is 1.88 bits per heavy atom. The minimum atomic E-state index is -0.518. The number of hydrogen-bond acceptors (Lipinski definition) is 6. The van der Waals surface area contributed by atoms with Crippen molar-refractivity contribution < 1.29 is 18.0 Å². The Hall–Kier alpha value is -4.47. The van der Waals surface area contributed by atoms with Gasteiger partial charge in [0.1, 0.15) is 11.6 Å². The summed E-state index contributed by atoms with van der Waals surface area (Å²) in [6.45, 7) is 3.31. The van der Waals surface area contributed by atoms with Crippen LogP contribution in [0.15, 0.2) is 59.5 Å². The van der Waals surface area contributed by atoms with E-state index in [1.54, 1.807) is 30.6 Å². The summed E-state index contributed by atoms with van der Waals surface area (Å²) in [5.74, 6) is -0.629. The van der Waals surface area contributed by atoms with Crippen LogP contribution in [0.1, 0.15) is 22.1 Å². The Bertz CT molecular complexity index is 1520. The zero-order valence-electron chi connectivity index (χ0n) is 17.5. The van der Waals surface area contributed by atoms with E-state index in [4.69, 9.17) is 4.42 Å². The van der Waals surface area contributed by atoms with Gasteiger partial charge in [0.05, 0.1) is 17.1 Å². The molecule has 0 unspecified atom stereocenters. The third-order valence-corrected chi connectivity index (χ3v) is 4.94. The first-order valence-corrected chi connectivity index (χ1v) is 9.89. The molecule has 0 spiro atoms. The molecular weight excluding hydrogens is 430 g/mol. The van der Waals surface area contributed by atoms with Gasteiger partial charge in [-0.15, -0.1) is 0 Å². The molecule has 1 N–H and O–H groups in total. The fourth-order valence-corrected chi connectivity index (χ4v) is 3.44. The van der Waals surface area contributed by atoms with Gasteiger partial charge in [0.15, 0.2) is 5.89 Å². The number of carbonyl (C=O) groups excluding carboxylic acids is 1. The van der Waals surface area contributed by atoms with Gasteiger partial charge in [-0.3, -0.25) is 14.2 Å². The number of fused-ring (bicyclic) bond motifs is 1. The summed E-state index contributed by atoms with van der Waals surface area (Å²) >= 11 is 0. The van der Waals surface area contributed by atoms with Crippen molar-refractivity contribution in [3.05, 3.63) is 84.1 Å². The predicted octanol–water partition coefficient (Wildman–Crippen LogP) is 4.59. The lowest BCUT2D eigenvalue weighted by Crippen LogP contribution is -2.12. The van der Waals surface area contributed by atoms with Gasteiger partial charge in [0, 0.05) is 54.6 Å². The quantitative estimate of drug-likeness (QED) is 0.434. The third kappa shape index (κ3) is 3.93. The summed E-state index contributed by atoms with van der Waals surface area (Å²) in [5.41, 5.74) is 2.29. The summed E-state index contributed by atoms with van der Waals surface area (Å²) in [6, 6.07) is 6.71. The maximum Gasteiger partial charge on any atom is 0.293 e. The van der Waals surface area contributed by atoms with Crippen LogP contribution in [0, 0.1) is 25.5 Å². The molecule has 8 nitrogen and oxygen atoms in total. The summed E-state index contributed by atoms with van der Waals surface area (Å²) in [5, 5.41) is 2.69. The van der Waals surface area contributed by atoms with E-state index in [1.165, 1.54) is 42.7 Å². The molecule has 33 heavy (non-hydrogen) atoms. The fraction of sp³-hybridized carbons (Fsp3) is 0.0870. The highest BCUT2D eigenvalue weighted by Gasteiger charge is 2.18. The van der Waals surface area contributed by atoms with E-state index in [0.29, 0.717) is 40.0 Å². The molecule has 10 heteroatoms. The van der Waals surface area contributed by atoms with Gasteiger partial charge >= 0.3 is 0 Å². The second kappa shape index (κ2) is 7.90. The number of nitrogens with zero attached hydrogens (tertiary/aromatic N) is 5. The monoisotopic (exact) mass is 446 g/mol. The number of imidazole rings is 1. The number of pyridine rings is 1. The number of hydrogen-bond donors (Lipinski definition) is 1. The number of halogens is 2. The van der Waals surface area contributed by atoms with E-state index >= 15 is 0 Å². The van der Waals surface area contributed by atoms with Crippen LogP contribution >= 0.6 is 0 Å².